The van der Waals surface area contributed by atoms with Gasteiger partial charge in [-0.25, -0.2) is 0 Å². The normalized spacial score (nSPS) is 9.27. The molecule has 0 fully saturated rings. The monoisotopic (exact) mass is 222 g/mol. The SMILES string of the molecule is CC(=O)CCC(=O)OCCBr. The van der Waals surface area contributed by atoms with Crippen molar-refractivity contribution in [1.82, 2.24) is 0 Å². The number of ketones is 1. The zero-order valence-electron chi connectivity index (χ0n) is 6.43. The van der Waals surface area contributed by atoms with Crippen LogP contribution in [0.5, 0.6) is 0 Å². The molecule has 0 amide bonds. The molecule has 3 nitrogen and oxygen atoms in total. The van der Waals surface area contributed by atoms with E-state index in [0.717, 1.165) is 0 Å². The van der Waals surface area contributed by atoms with E-state index in [1.165, 1.54) is 6.92 Å². The molecule has 0 aromatic heterocycles. The number of hydrogen-bond donors (Lipinski definition) is 0. The van der Waals surface area contributed by atoms with Crippen LogP contribution in [0.15, 0.2) is 0 Å². The molecule has 0 heterocycles. The van der Waals surface area contributed by atoms with Crippen LogP contribution >= 0.6 is 15.9 Å². The van der Waals surface area contributed by atoms with E-state index in [1.54, 1.807) is 0 Å². The summed E-state index contributed by atoms with van der Waals surface area (Å²) in [5.74, 6) is -0.291. The quantitative estimate of drug-likeness (QED) is 0.521. The second kappa shape index (κ2) is 6.34. The maximum atomic E-state index is 10.7. The van der Waals surface area contributed by atoms with Gasteiger partial charge in [0.1, 0.15) is 12.4 Å². The van der Waals surface area contributed by atoms with Crippen molar-refractivity contribution < 1.29 is 14.3 Å². The minimum absolute atomic E-state index is 0.0146. The van der Waals surface area contributed by atoms with Crippen LogP contribution in [0.1, 0.15) is 19.8 Å². The molecule has 0 rings (SSSR count). The van der Waals surface area contributed by atoms with E-state index in [9.17, 15) is 9.59 Å². The molecule has 0 aliphatic carbocycles. The highest BCUT2D eigenvalue weighted by atomic mass is 79.9. The Bertz CT molecular complexity index is 145. The first kappa shape index (κ1) is 10.6. The summed E-state index contributed by atoms with van der Waals surface area (Å²) in [6, 6.07) is 0. The highest BCUT2D eigenvalue weighted by molar-refractivity contribution is 9.09. The number of carbonyl (C=O) groups is 2. The summed E-state index contributed by atoms with van der Waals surface area (Å²) in [4.78, 5) is 21.1. The summed E-state index contributed by atoms with van der Waals surface area (Å²) >= 11 is 3.11. The molecule has 0 atom stereocenters. The summed E-state index contributed by atoms with van der Waals surface area (Å²) in [5.41, 5.74) is 0. The Morgan fingerprint density at radius 1 is 1.36 bits per heavy atom. The third-order valence-electron chi connectivity index (χ3n) is 1.02. The summed E-state index contributed by atoms with van der Waals surface area (Å²) in [6.45, 7) is 1.83. The van der Waals surface area contributed by atoms with Crippen molar-refractivity contribution >= 4 is 27.7 Å². The van der Waals surface area contributed by atoms with Gasteiger partial charge in [0.15, 0.2) is 0 Å². The third kappa shape index (κ3) is 7.52. The second-order valence-electron chi connectivity index (χ2n) is 2.11. The molecule has 4 heteroatoms. The van der Waals surface area contributed by atoms with Gasteiger partial charge in [0.2, 0.25) is 0 Å². The average Bonchev–Trinajstić information content (AvgIpc) is 1.97. The highest BCUT2D eigenvalue weighted by Gasteiger charge is 2.03. The lowest BCUT2D eigenvalue weighted by molar-refractivity contribution is -0.144. The molecule has 64 valence electrons. The molecule has 11 heavy (non-hydrogen) atoms. The smallest absolute Gasteiger partial charge is 0.306 e. The predicted octanol–water partition coefficient (Wildman–Crippen LogP) is 1.29. The van der Waals surface area contributed by atoms with Gasteiger partial charge in [0.05, 0.1) is 6.42 Å². The van der Waals surface area contributed by atoms with Crippen molar-refractivity contribution in [2.75, 3.05) is 11.9 Å². The first-order valence-electron chi connectivity index (χ1n) is 3.38. The standard InChI is InChI=1S/C7H11BrO3/c1-6(9)2-3-7(10)11-5-4-8/h2-5H2,1H3. The van der Waals surface area contributed by atoms with Gasteiger partial charge in [-0.15, -0.1) is 0 Å². The Morgan fingerprint density at radius 2 is 2.00 bits per heavy atom. The van der Waals surface area contributed by atoms with Crippen molar-refractivity contribution in [2.24, 2.45) is 0 Å². The van der Waals surface area contributed by atoms with Crippen molar-refractivity contribution in [3.8, 4) is 0 Å². The van der Waals surface area contributed by atoms with Gasteiger partial charge in [0.25, 0.3) is 0 Å². The number of esters is 1. The molecular formula is C7H11BrO3. The summed E-state index contributed by atoms with van der Waals surface area (Å²) in [7, 11) is 0. The lowest BCUT2D eigenvalue weighted by Crippen LogP contribution is -2.07. The highest BCUT2D eigenvalue weighted by Crippen LogP contribution is 1.94. The Hall–Kier alpha value is -0.380. The molecule has 0 N–H and O–H groups in total. The Kier molecular flexibility index (Phi) is 6.12. The number of Topliss-reactive ketones (excluding diaryl/α,β-unsaturated/α-hetero) is 1. The van der Waals surface area contributed by atoms with Crippen molar-refractivity contribution in [3.05, 3.63) is 0 Å². The molecule has 0 unspecified atom stereocenters. The van der Waals surface area contributed by atoms with Crippen LogP contribution in [0.3, 0.4) is 0 Å². The zero-order chi connectivity index (χ0) is 8.69. The Balaban J connectivity index is 3.30. The van der Waals surface area contributed by atoms with Crippen LogP contribution in [0, 0.1) is 0 Å². The van der Waals surface area contributed by atoms with Gasteiger partial charge in [0, 0.05) is 11.8 Å². The maximum Gasteiger partial charge on any atom is 0.306 e. The van der Waals surface area contributed by atoms with E-state index in [0.29, 0.717) is 11.9 Å². The number of halogens is 1. The minimum Gasteiger partial charge on any atom is -0.465 e. The molecule has 0 radical (unpaired) electrons. The molecule has 0 spiro atoms. The number of alkyl halides is 1. The van der Waals surface area contributed by atoms with Crippen molar-refractivity contribution in [2.45, 2.75) is 19.8 Å². The van der Waals surface area contributed by atoms with E-state index < -0.39 is 0 Å². The fourth-order valence-corrected chi connectivity index (χ4v) is 0.665. The van der Waals surface area contributed by atoms with E-state index in [2.05, 4.69) is 15.9 Å². The van der Waals surface area contributed by atoms with Gasteiger partial charge < -0.3 is 9.53 Å². The molecule has 0 saturated carbocycles. The first-order chi connectivity index (χ1) is 5.16. The Labute approximate surface area is 74.2 Å². The lowest BCUT2D eigenvalue weighted by atomic mass is 10.2. The van der Waals surface area contributed by atoms with Gasteiger partial charge in [-0.3, -0.25) is 4.79 Å². The van der Waals surface area contributed by atoms with Crippen LogP contribution in [0.25, 0.3) is 0 Å². The third-order valence-corrected chi connectivity index (χ3v) is 1.35. The van der Waals surface area contributed by atoms with Crippen molar-refractivity contribution in [3.63, 3.8) is 0 Å². The predicted molar refractivity (Wildman–Crippen MR) is 44.7 cm³/mol. The van der Waals surface area contributed by atoms with Crippen molar-refractivity contribution in [1.29, 1.82) is 0 Å². The van der Waals surface area contributed by atoms with Gasteiger partial charge in [-0.05, 0) is 6.92 Å². The van der Waals surface area contributed by atoms with E-state index >= 15 is 0 Å². The maximum absolute atomic E-state index is 10.7. The molecule has 0 bridgehead atoms. The van der Waals surface area contributed by atoms with Gasteiger partial charge in [-0.2, -0.15) is 0 Å². The fourth-order valence-electron chi connectivity index (χ4n) is 0.503. The van der Waals surface area contributed by atoms with Gasteiger partial charge in [-0.1, -0.05) is 15.9 Å². The fraction of sp³-hybridized carbons (Fsp3) is 0.714. The summed E-state index contributed by atoms with van der Waals surface area (Å²) in [6.07, 6.45) is 0.476. The van der Waals surface area contributed by atoms with Crippen LogP contribution in [0.4, 0.5) is 0 Å². The number of hydrogen-bond acceptors (Lipinski definition) is 3. The molecule has 0 aliphatic heterocycles. The second-order valence-corrected chi connectivity index (χ2v) is 2.90. The largest absolute Gasteiger partial charge is 0.465 e. The molecule has 0 saturated heterocycles. The molecule has 0 aromatic rings. The lowest BCUT2D eigenvalue weighted by Gasteiger charge is -1.99. The number of ether oxygens (including phenoxy) is 1. The molecule has 0 aromatic carbocycles. The van der Waals surface area contributed by atoms with Gasteiger partial charge >= 0.3 is 5.97 Å². The number of rotatable bonds is 5. The molecular weight excluding hydrogens is 212 g/mol. The van der Waals surface area contributed by atoms with Crippen LogP contribution in [-0.2, 0) is 14.3 Å². The Morgan fingerprint density at radius 3 is 2.45 bits per heavy atom. The minimum atomic E-state index is -0.306. The van der Waals surface area contributed by atoms with E-state index in [-0.39, 0.29) is 24.6 Å². The van der Waals surface area contributed by atoms with Crippen LogP contribution < -0.4 is 0 Å². The zero-order valence-corrected chi connectivity index (χ0v) is 8.02. The summed E-state index contributed by atoms with van der Waals surface area (Å²) in [5, 5.41) is 0.638. The van der Waals surface area contributed by atoms with Crippen LogP contribution in [-0.4, -0.2) is 23.7 Å². The van der Waals surface area contributed by atoms with E-state index in [4.69, 9.17) is 4.74 Å². The number of carbonyl (C=O) groups excluding carboxylic acids is 2. The topological polar surface area (TPSA) is 43.4 Å². The summed E-state index contributed by atoms with van der Waals surface area (Å²) < 4.78 is 4.70. The van der Waals surface area contributed by atoms with Crippen LogP contribution in [0.2, 0.25) is 0 Å². The average molecular weight is 223 g/mol. The molecule has 0 aliphatic rings. The van der Waals surface area contributed by atoms with E-state index in [1.807, 2.05) is 0 Å². The first-order valence-corrected chi connectivity index (χ1v) is 4.50.